The van der Waals surface area contributed by atoms with Crippen molar-refractivity contribution < 1.29 is 19.1 Å². The Kier molecular flexibility index (Phi) is 4.08. The average molecular weight is 214 g/mol. The number of carbonyl (C=O) groups is 3. The van der Waals surface area contributed by atoms with Gasteiger partial charge in [0.25, 0.3) is 5.91 Å². The SMILES string of the molecule is COC(=O)CCCCC1NC(=O)NC1=O. The number of imide groups is 1. The van der Waals surface area contributed by atoms with Crippen LogP contribution in [0.1, 0.15) is 25.7 Å². The fourth-order valence-electron chi connectivity index (χ4n) is 1.38. The standard InChI is InChI=1S/C9H14N2O4/c1-15-7(12)5-3-2-4-6-8(13)11-9(14)10-6/h6H,2-5H2,1H3,(H2,10,11,13,14). The average Bonchev–Trinajstić information content (AvgIpc) is 2.52. The predicted octanol–water partition coefficient (Wildman–Crippen LogP) is -0.0722. The number of methoxy groups -OCH3 is 1. The summed E-state index contributed by atoms with van der Waals surface area (Å²) in [5, 5.41) is 4.64. The molecule has 3 amide bonds. The van der Waals surface area contributed by atoms with Gasteiger partial charge in [-0.15, -0.1) is 0 Å². The van der Waals surface area contributed by atoms with Crippen molar-refractivity contribution in [2.75, 3.05) is 7.11 Å². The number of hydrogen-bond acceptors (Lipinski definition) is 4. The van der Waals surface area contributed by atoms with Gasteiger partial charge in [0, 0.05) is 6.42 Å². The maximum Gasteiger partial charge on any atom is 0.322 e. The number of ether oxygens (including phenoxy) is 1. The molecule has 0 aromatic rings. The van der Waals surface area contributed by atoms with Crippen molar-refractivity contribution in [2.45, 2.75) is 31.7 Å². The second kappa shape index (κ2) is 5.33. The van der Waals surface area contributed by atoms with Crippen LogP contribution in [0.15, 0.2) is 0 Å². The maximum atomic E-state index is 11.1. The molecule has 0 saturated carbocycles. The third-order valence-corrected chi connectivity index (χ3v) is 2.21. The first kappa shape index (κ1) is 11.5. The number of amides is 3. The first-order valence-corrected chi connectivity index (χ1v) is 4.81. The number of esters is 1. The van der Waals surface area contributed by atoms with Crippen LogP contribution in [0.3, 0.4) is 0 Å². The van der Waals surface area contributed by atoms with Crippen molar-refractivity contribution >= 4 is 17.9 Å². The van der Waals surface area contributed by atoms with Gasteiger partial charge in [0.2, 0.25) is 0 Å². The lowest BCUT2D eigenvalue weighted by atomic mass is 10.1. The van der Waals surface area contributed by atoms with Gasteiger partial charge in [-0.05, 0) is 12.8 Å². The minimum absolute atomic E-state index is 0.255. The van der Waals surface area contributed by atoms with E-state index in [0.29, 0.717) is 25.7 Å². The minimum atomic E-state index is -0.449. The lowest BCUT2D eigenvalue weighted by Gasteiger charge is -2.05. The molecule has 84 valence electrons. The highest BCUT2D eigenvalue weighted by Crippen LogP contribution is 2.07. The molecule has 0 radical (unpaired) electrons. The van der Waals surface area contributed by atoms with Crippen molar-refractivity contribution in [3.63, 3.8) is 0 Å². The van der Waals surface area contributed by atoms with Gasteiger partial charge in [0.1, 0.15) is 6.04 Å². The zero-order valence-corrected chi connectivity index (χ0v) is 8.54. The summed E-state index contributed by atoms with van der Waals surface area (Å²) in [7, 11) is 1.34. The highest BCUT2D eigenvalue weighted by atomic mass is 16.5. The molecule has 15 heavy (non-hydrogen) atoms. The van der Waals surface area contributed by atoms with E-state index in [4.69, 9.17) is 0 Å². The number of nitrogens with one attached hydrogen (secondary N) is 2. The van der Waals surface area contributed by atoms with Gasteiger partial charge >= 0.3 is 12.0 Å². The third-order valence-electron chi connectivity index (χ3n) is 2.21. The molecule has 1 aliphatic rings. The Morgan fingerprint density at radius 2 is 2.13 bits per heavy atom. The predicted molar refractivity (Wildman–Crippen MR) is 50.9 cm³/mol. The van der Waals surface area contributed by atoms with Crippen LogP contribution in [0.5, 0.6) is 0 Å². The van der Waals surface area contributed by atoms with Gasteiger partial charge in [0.15, 0.2) is 0 Å². The number of unbranched alkanes of at least 4 members (excludes halogenated alkanes) is 1. The van der Waals surface area contributed by atoms with Crippen molar-refractivity contribution in [3.8, 4) is 0 Å². The molecule has 1 heterocycles. The van der Waals surface area contributed by atoms with Crippen LogP contribution in [0, 0.1) is 0 Å². The molecule has 6 heteroatoms. The summed E-state index contributed by atoms with van der Waals surface area (Å²) >= 11 is 0. The van der Waals surface area contributed by atoms with E-state index in [1.807, 2.05) is 0 Å². The van der Waals surface area contributed by atoms with Gasteiger partial charge in [-0.1, -0.05) is 6.42 Å². The number of rotatable bonds is 5. The number of hydrogen-bond donors (Lipinski definition) is 2. The molecule has 0 aromatic heterocycles. The molecule has 1 rings (SSSR count). The monoisotopic (exact) mass is 214 g/mol. The van der Waals surface area contributed by atoms with Crippen LogP contribution in [-0.4, -0.2) is 31.1 Å². The Hall–Kier alpha value is -1.59. The summed E-state index contributed by atoms with van der Waals surface area (Å²) in [5.74, 6) is -0.548. The van der Waals surface area contributed by atoms with E-state index in [9.17, 15) is 14.4 Å². The van der Waals surface area contributed by atoms with Crippen LogP contribution >= 0.6 is 0 Å². The summed E-state index contributed by atoms with van der Waals surface area (Å²) < 4.78 is 4.47. The van der Waals surface area contributed by atoms with Gasteiger partial charge in [0.05, 0.1) is 7.11 Å². The molecule has 0 aromatic carbocycles. The lowest BCUT2D eigenvalue weighted by molar-refractivity contribution is -0.140. The van der Waals surface area contributed by atoms with Crippen molar-refractivity contribution in [3.05, 3.63) is 0 Å². The number of carbonyl (C=O) groups excluding carboxylic acids is 3. The molecule has 1 fully saturated rings. The van der Waals surface area contributed by atoms with Gasteiger partial charge in [-0.2, -0.15) is 0 Å². The lowest BCUT2D eigenvalue weighted by Crippen LogP contribution is -2.28. The van der Waals surface area contributed by atoms with E-state index in [-0.39, 0.29) is 11.9 Å². The van der Waals surface area contributed by atoms with Crippen LogP contribution in [0.25, 0.3) is 0 Å². The molecule has 1 atom stereocenters. The second-order valence-electron chi connectivity index (χ2n) is 3.34. The molecule has 2 N–H and O–H groups in total. The molecule has 0 aliphatic carbocycles. The van der Waals surface area contributed by atoms with E-state index in [1.54, 1.807) is 0 Å². The summed E-state index contributed by atoms with van der Waals surface area (Å²) in [4.78, 5) is 32.6. The summed E-state index contributed by atoms with van der Waals surface area (Å²) in [6.45, 7) is 0. The molecular weight excluding hydrogens is 200 g/mol. The van der Waals surface area contributed by atoms with E-state index >= 15 is 0 Å². The van der Waals surface area contributed by atoms with Crippen LogP contribution in [-0.2, 0) is 14.3 Å². The van der Waals surface area contributed by atoms with E-state index in [2.05, 4.69) is 15.4 Å². The largest absolute Gasteiger partial charge is 0.469 e. The molecule has 0 bridgehead atoms. The number of urea groups is 1. The summed E-state index contributed by atoms with van der Waals surface area (Å²) in [6.07, 6.45) is 2.26. The highest BCUT2D eigenvalue weighted by molar-refractivity contribution is 6.04. The molecule has 6 nitrogen and oxygen atoms in total. The fourth-order valence-corrected chi connectivity index (χ4v) is 1.38. The Morgan fingerprint density at radius 3 is 2.67 bits per heavy atom. The van der Waals surface area contributed by atoms with E-state index in [0.717, 1.165) is 0 Å². The smallest absolute Gasteiger partial charge is 0.322 e. The van der Waals surface area contributed by atoms with Crippen LogP contribution in [0.2, 0.25) is 0 Å². The van der Waals surface area contributed by atoms with Crippen molar-refractivity contribution in [1.29, 1.82) is 0 Å². The first-order chi connectivity index (χ1) is 7.13. The Labute approximate surface area is 87.4 Å². The topological polar surface area (TPSA) is 84.5 Å². The van der Waals surface area contributed by atoms with Gasteiger partial charge < -0.3 is 10.1 Å². The van der Waals surface area contributed by atoms with Crippen molar-refractivity contribution in [1.82, 2.24) is 10.6 Å². The van der Waals surface area contributed by atoms with Gasteiger partial charge in [-0.3, -0.25) is 14.9 Å². The first-order valence-electron chi connectivity index (χ1n) is 4.81. The van der Waals surface area contributed by atoms with E-state index < -0.39 is 12.1 Å². The fraction of sp³-hybridized carbons (Fsp3) is 0.667. The molecule has 0 spiro atoms. The highest BCUT2D eigenvalue weighted by Gasteiger charge is 2.28. The normalized spacial score (nSPS) is 19.7. The van der Waals surface area contributed by atoms with Crippen LogP contribution < -0.4 is 10.6 Å². The Balaban J connectivity index is 2.13. The minimum Gasteiger partial charge on any atom is -0.469 e. The van der Waals surface area contributed by atoms with Crippen molar-refractivity contribution in [2.24, 2.45) is 0 Å². The molecule has 1 unspecified atom stereocenters. The zero-order valence-electron chi connectivity index (χ0n) is 8.54. The third kappa shape index (κ3) is 3.57. The van der Waals surface area contributed by atoms with Gasteiger partial charge in [-0.25, -0.2) is 4.79 Å². The zero-order chi connectivity index (χ0) is 11.3. The quantitative estimate of drug-likeness (QED) is 0.381. The summed E-state index contributed by atoms with van der Waals surface area (Å²) in [5.41, 5.74) is 0. The Bertz CT molecular complexity index is 277. The van der Waals surface area contributed by atoms with Crippen LogP contribution in [0.4, 0.5) is 4.79 Å². The molecule has 1 aliphatic heterocycles. The Morgan fingerprint density at radius 1 is 1.40 bits per heavy atom. The second-order valence-corrected chi connectivity index (χ2v) is 3.34. The summed E-state index contributed by atoms with van der Waals surface area (Å²) in [6, 6.07) is -0.895. The van der Waals surface area contributed by atoms with E-state index in [1.165, 1.54) is 7.11 Å². The molecular formula is C9H14N2O4. The molecule has 1 saturated heterocycles. The maximum absolute atomic E-state index is 11.1.